The molecule has 0 atom stereocenters. The zero-order valence-corrected chi connectivity index (χ0v) is 11.8. The highest BCUT2D eigenvalue weighted by atomic mass is 19.4. The van der Waals surface area contributed by atoms with E-state index in [4.69, 9.17) is 10.5 Å². The van der Waals surface area contributed by atoms with Crippen LogP contribution in [-0.4, -0.2) is 32.2 Å². The Kier molecular flexibility index (Phi) is 3.90. The summed E-state index contributed by atoms with van der Waals surface area (Å²) >= 11 is 0. The topological polar surface area (TPSA) is 78.9 Å². The Labute approximate surface area is 124 Å². The molecule has 2 aromatic heterocycles. The summed E-state index contributed by atoms with van der Waals surface area (Å²) in [6.07, 6.45) is 1.43. The fourth-order valence-corrected chi connectivity index (χ4v) is 2.63. The Morgan fingerprint density at radius 3 is 2.68 bits per heavy atom. The van der Waals surface area contributed by atoms with Gasteiger partial charge in [0.1, 0.15) is 5.52 Å². The van der Waals surface area contributed by atoms with Crippen molar-refractivity contribution in [3.8, 4) is 0 Å². The molecule has 0 aliphatic heterocycles. The summed E-state index contributed by atoms with van der Waals surface area (Å²) in [4.78, 5) is 10.8. The van der Waals surface area contributed by atoms with E-state index in [1.165, 1.54) is 10.9 Å². The molecule has 1 fully saturated rings. The molecule has 120 valence electrons. The van der Waals surface area contributed by atoms with Crippen LogP contribution in [0.2, 0.25) is 0 Å². The minimum Gasteiger partial charge on any atom is -0.382 e. The highest BCUT2D eigenvalue weighted by molar-refractivity contribution is 5.81. The van der Waals surface area contributed by atoms with Gasteiger partial charge in [0.05, 0.1) is 19.0 Å². The Hall–Kier alpha value is -1.90. The number of nitrogens with two attached hydrogens (primary N) is 1. The van der Waals surface area contributed by atoms with Crippen molar-refractivity contribution >= 4 is 17.0 Å². The molecule has 9 heteroatoms. The number of rotatable bonds is 4. The van der Waals surface area contributed by atoms with Crippen molar-refractivity contribution in [1.29, 1.82) is 0 Å². The van der Waals surface area contributed by atoms with Crippen LogP contribution in [0, 0.1) is 0 Å². The summed E-state index contributed by atoms with van der Waals surface area (Å²) in [5.74, 6) is -1.52. The summed E-state index contributed by atoms with van der Waals surface area (Å²) < 4.78 is 45.5. The van der Waals surface area contributed by atoms with E-state index >= 15 is 0 Å². The maximum Gasteiger partial charge on any atom is 0.451 e. The Morgan fingerprint density at radius 2 is 2.00 bits per heavy atom. The SMILES string of the molecule is Nc1nc(C(F)(F)F)nc2c1ncn2CCOC1CCCC1. The first-order valence-corrected chi connectivity index (χ1v) is 7.12. The fourth-order valence-electron chi connectivity index (χ4n) is 2.63. The first-order chi connectivity index (χ1) is 10.4. The van der Waals surface area contributed by atoms with E-state index in [0.717, 1.165) is 25.7 Å². The third-order valence-electron chi connectivity index (χ3n) is 3.73. The van der Waals surface area contributed by atoms with E-state index in [-0.39, 0.29) is 23.1 Å². The lowest BCUT2D eigenvalue weighted by atomic mass is 10.3. The molecule has 1 saturated carbocycles. The number of nitrogen functional groups attached to an aromatic ring is 1. The van der Waals surface area contributed by atoms with Crippen LogP contribution in [0.25, 0.3) is 11.2 Å². The molecule has 0 bridgehead atoms. The lowest BCUT2D eigenvalue weighted by molar-refractivity contribution is -0.144. The lowest BCUT2D eigenvalue weighted by Gasteiger charge is -2.12. The van der Waals surface area contributed by atoms with E-state index in [1.807, 2.05) is 0 Å². The summed E-state index contributed by atoms with van der Waals surface area (Å²) in [5.41, 5.74) is 5.79. The van der Waals surface area contributed by atoms with Gasteiger partial charge in [0, 0.05) is 6.54 Å². The van der Waals surface area contributed by atoms with E-state index in [2.05, 4.69) is 15.0 Å². The van der Waals surface area contributed by atoms with Gasteiger partial charge in [-0.05, 0) is 12.8 Å². The van der Waals surface area contributed by atoms with Gasteiger partial charge in [-0.1, -0.05) is 12.8 Å². The van der Waals surface area contributed by atoms with Crippen molar-refractivity contribution in [2.75, 3.05) is 12.3 Å². The van der Waals surface area contributed by atoms with Gasteiger partial charge < -0.3 is 15.0 Å². The number of imidazole rings is 1. The van der Waals surface area contributed by atoms with E-state index in [9.17, 15) is 13.2 Å². The maximum atomic E-state index is 12.8. The summed E-state index contributed by atoms with van der Waals surface area (Å²) in [7, 11) is 0. The zero-order valence-electron chi connectivity index (χ0n) is 11.8. The molecular formula is C13H16F3N5O. The normalized spacial score (nSPS) is 16.7. The van der Waals surface area contributed by atoms with Crippen LogP contribution in [0.3, 0.4) is 0 Å². The number of aromatic nitrogens is 4. The second kappa shape index (κ2) is 5.71. The summed E-state index contributed by atoms with van der Waals surface area (Å²) in [6, 6.07) is 0. The third kappa shape index (κ3) is 2.99. The van der Waals surface area contributed by atoms with Gasteiger partial charge in [0.25, 0.3) is 0 Å². The maximum absolute atomic E-state index is 12.8. The quantitative estimate of drug-likeness (QED) is 0.937. The number of hydrogen-bond donors (Lipinski definition) is 1. The first-order valence-electron chi connectivity index (χ1n) is 7.12. The Balaban J connectivity index is 1.79. The lowest BCUT2D eigenvalue weighted by Crippen LogP contribution is -2.15. The molecule has 2 aromatic rings. The van der Waals surface area contributed by atoms with Crippen molar-refractivity contribution in [2.45, 2.75) is 44.5 Å². The number of fused-ring (bicyclic) bond motifs is 1. The molecule has 3 rings (SSSR count). The van der Waals surface area contributed by atoms with E-state index < -0.39 is 12.0 Å². The van der Waals surface area contributed by atoms with Crippen molar-refractivity contribution < 1.29 is 17.9 Å². The van der Waals surface area contributed by atoms with Crippen molar-refractivity contribution in [3.05, 3.63) is 12.2 Å². The smallest absolute Gasteiger partial charge is 0.382 e. The van der Waals surface area contributed by atoms with Crippen LogP contribution < -0.4 is 5.73 Å². The largest absolute Gasteiger partial charge is 0.451 e. The van der Waals surface area contributed by atoms with Crippen LogP contribution >= 0.6 is 0 Å². The molecule has 0 saturated heterocycles. The van der Waals surface area contributed by atoms with Crippen molar-refractivity contribution in [1.82, 2.24) is 19.5 Å². The summed E-state index contributed by atoms with van der Waals surface area (Å²) in [6.45, 7) is 0.780. The van der Waals surface area contributed by atoms with Crippen LogP contribution in [0.5, 0.6) is 0 Å². The number of anilines is 1. The van der Waals surface area contributed by atoms with Crippen molar-refractivity contribution in [2.24, 2.45) is 0 Å². The second-order valence-electron chi connectivity index (χ2n) is 5.32. The highest BCUT2D eigenvalue weighted by Gasteiger charge is 2.36. The van der Waals surface area contributed by atoms with Gasteiger partial charge >= 0.3 is 6.18 Å². The molecule has 2 N–H and O–H groups in total. The fraction of sp³-hybridized carbons (Fsp3) is 0.615. The molecule has 0 radical (unpaired) electrons. The van der Waals surface area contributed by atoms with Crippen molar-refractivity contribution in [3.63, 3.8) is 0 Å². The third-order valence-corrected chi connectivity index (χ3v) is 3.73. The molecule has 1 aliphatic carbocycles. The molecule has 6 nitrogen and oxygen atoms in total. The molecule has 1 aliphatic rings. The van der Waals surface area contributed by atoms with Gasteiger partial charge in [-0.2, -0.15) is 13.2 Å². The van der Waals surface area contributed by atoms with E-state index in [1.54, 1.807) is 0 Å². The molecule has 0 unspecified atom stereocenters. The van der Waals surface area contributed by atoms with Crippen LogP contribution in [0.4, 0.5) is 19.0 Å². The van der Waals surface area contributed by atoms with Crippen LogP contribution in [-0.2, 0) is 17.5 Å². The average molecular weight is 315 g/mol. The molecule has 0 amide bonds. The predicted molar refractivity (Wildman–Crippen MR) is 72.9 cm³/mol. The van der Waals surface area contributed by atoms with Gasteiger partial charge in [-0.3, -0.25) is 0 Å². The molecule has 22 heavy (non-hydrogen) atoms. The Morgan fingerprint density at radius 1 is 1.27 bits per heavy atom. The second-order valence-corrected chi connectivity index (χ2v) is 5.32. The Bertz CT molecular complexity index is 663. The van der Waals surface area contributed by atoms with Gasteiger partial charge in [0.15, 0.2) is 11.5 Å². The van der Waals surface area contributed by atoms with E-state index in [0.29, 0.717) is 13.2 Å². The van der Waals surface area contributed by atoms with Crippen LogP contribution in [0.15, 0.2) is 6.33 Å². The first kappa shape index (κ1) is 15.0. The van der Waals surface area contributed by atoms with Gasteiger partial charge in [0.2, 0.25) is 5.82 Å². The number of hydrogen-bond acceptors (Lipinski definition) is 5. The number of halogens is 3. The van der Waals surface area contributed by atoms with Crippen LogP contribution in [0.1, 0.15) is 31.5 Å². The van der Waals surface area contributed by atoms with Gasteiger partial charge in [-0.25, -0.2) is 15.0 Å². The molecular weight excluding hydrogens is 299 g/mol. The summed E-state index contributed by atoms with van der Waals surface area (Å²) in [5, 5.41) is 0. The predicted octanol–water partition coefficient (Wildman–Crippen LogP) is 2.39. The number of nitrogens with zero attached hydrogens (tertiary/aromatic N) is 4. The molecule has 0 aromatic carbocycles. The molecule has 2 heterocycles. The number of alkyl halides is 3. The average Bonchev–Trinajstić information content (AvgIpc) is 3.08. The zero-order chi connectivity index (χ0) is 15.7. The van der Waals surface area contributed by atoms with Gasteiger partial charge in [-0.15, -0.1) is 0 Å². The highest BCUT2D eigenvalue weighted by Crippen LogP contribution is 2.29. The minimum atomic E-state index is -4.64. The monoisotopic (exact) mass is 315 g/mol. The minimum absolute atomic E-state index is 0.0786. The standard InChI is InChI=1S/C13H16F3N5O/c14-13(15,16)12-19-10(17)9-11(20-12)21(7-18-9)5-6-22-8-3-1-2-4-8/h7-8H,1-6H2,(H2,17,19,20). The molecule has 0 spiro atoms. The number of ether oxygens (including phenoxy) is 1.